The van der Waals surface area contributed by atoms with Crippen molar-refractivity contribution in [3.8, 4) is 23.0 Å². The van der Waals surface area contributed by atoms with Crippen LogP contribution in [0.5, 0.6) is 0 Å². The number of carbonyl (C=O) groups is 1. The van der Waals surface area contributed by atoms with Crippen molar-refractivity contribution in [2.75, 3.05) is 6.26 Å². The fourth-order valence-electron chi connectivity index (χ4n) is 8.73. The lowest BCUT2D eigenvalue weighted by Gasteiger charge is -2.22. The maximum absolute atomic E-state index is 15.5. The summed E-state index contributed by atoms with van der Waals surface area (Å²) in [6, 6.07) is 9.20. The molecule has 2 aliphatic carbocycles. The van der Waals surface area contributed by atoms with Gasteiger partial charge in [-0.1, -0.05) is 23.6 Å². The van der Waals surface area contributed by atoms with Gasteiger partial charge >= 0.3 is 6.18 Å². The van der Waals surface area contributed by atoms with Crippen LogP contribution >= 0.6 is 11.6 Å². The van der Waals surface area contributed by atoms with Crippen LogP contribution in [0.3, 0.4) is 0 Å². The van der Waals surface area contributed by atoms with Gasteiger partial charge < -0.3 is 4.57 Å². The van der Waals surface area contributed by atoms with Crippen LogP contribution in [0.4, 0.5) is 30.7 Å². The van der Waals surface area contributed by atoms with Gasteiger partial charge in [-0.3, -0.25) is 14.2 Å². The van der Waals surface area contributed by atoms with E-state index in [1.807, 2.05) is 25.3 Å². The summed E-state index contributed by atoms with van der Waals surface area (Å²) >= 11 is 6.68. The van der Waals surface area contributed by atoms with Gasteiger partial charge in [0.15, 0.2) is 21.3 Å². The van der Waals surface area contributed by atoms with Gasteiger partial charge in [0.1, 0.15) is 40.9 Å². The average molecular weight is 900 g/mol. The summed E-state index contributed by atoms with van der Waals surface area (Å²) < 4.78 is 132. The minimum atomic E-state index is -5.06. The molecule has 10 nitrogen and oxygen atoms in total. The molecule has 0 bridgehead atoms. The van der Waals surface area contributed by atoms with Crippen molar-refractivity contribution in [1.29, 1.82) is 0 Å². The van der Waals surface area contributed by atoms with Crippen LogP contribution in [-0.4, -0.2) is 54.6 Å². The van der Waals surface area contributed by atoms with Gasteiger partial charge in [0.05, 0.1) is 27.7 Å². The molecule has 2 aromatic carbocycles. The molecule has 8 rings (SSSR count). The van der Waals surface area contributed by atoms with Gasteiger partial charge in [0, 0.05) is 72.1 Å². The third kappa shape index (κ3) is 8.00. The molecule has 4 heterocycles. The van der Waals surface area contributed by atoms with E-state index in [9.17, 15) is 35.2 Å². The zero-order valence-electron chi connectivity index (χ0n) is 33.8. The van der Waals surface area contributed by atoms with Gasteiger partial charge in [-0.05, 0) is 81.3 Å². The number of alkyl halides is 5. The smallest absolute Gasteiger partial charge is 0.319 e. The van der Waals surface area contributed by atoms with E-state index in [0.29, 0.717) is 38.6 Å². The molecular formula is C43H37ClF7N7O3S. The highest BCUT2D eigenvalue weighted by molar-refractivity contribution is 7.89. The number of aryl methyl sites for hydroxylation is 2. The van der Waals surface area contributed by atoms with Crippen LogP contribution in [0.25, 0.3) is 22.0 Å². The number of fused-ring (bicyclic) bond motifs is 4. The Morgan fingerprint density at radius 2 is 1.74 bits per heavy atom. The Labute approximate surface area is 356 Å². The zero-order valence-corrected chi connectivity index (χ0v) is 35.3. The fourth-order valence-corrected chi connectivity index (χ4v) is 9.69. The summed E-state index contributed by atoms with van der Waals surface area (Å²) in [7, 11) is -2.02. The third-order valence-electron chi connectivity index (χ3n) is 11.3. The molecule has 0 N–H and O–H groups in total. The van der Waals surface area contributed by atoms with Gasteiger partial charge in [0.25, 0.3) is 5.92 Å². The van der Waals surface area contributed by atoms with Gasteiger partial charge in [-0.15, -0.1) is 0 Å². The van der Waals surface area contributed by atoms with E-state index in [0.717, 1.165) is 18.4 Å². The Morgan fingerprint density at radius 3 is 2.39 bits per heavy atom. The molecule has 62 heavy (non-hydrogen) atoms. The molecule has 19 heteroatoms. The first kappa shape index (κ1) is 43.1. The van der Waals surface area contributed by atoms with Crippen LogP contribution in [0.2, 0.25) is 5.02 Å². The standard InChI is InChI=1S/C43H37ClF7N7O3S/c1-22-52-12-13-57(22)41(2,3)11-10-27-6-7-29(30-8-9-33(44)36-34(21-62(5,60)61)54-56(4)38(30)36)37(53-27)24(14-23-15-25(45)18-26(46)16-23)17-28(59)20-58-40-35(39(55-58)43(49,50)51)31-19-32(31)42(40,47)48/h6-9,12-13,15-16,18,24,31-32H,14,17,19-21H2,1-5H3/t24-,31+,32-/m1/s1. The summed E-state index contributed by atoms with van der Waals surface area (Å²) in [6.07, 6.45) is -1.59. The van der Waals surface area contributed by atoms with E-state index < -0.39 is 98.3 Å². The first-order chi connectivity index (χ1) is 28.9. The van der Waals surface area contributed by atoms with Crippen molar-refractivity contribution in [3.63, 3.8) is 0 Å². The molecule has 6 aromatic rings. The summed E-state index contributed by atoms with van der Waals surface area (Å²) in [5.41, 5.74) is -2.08. The molecule has 0 saturated heterocycles. The van der Waals surface area contributed by atoms with E-state index >= 15 is 8.78 Å². The van der Waals surface area contributed by atoms with Crippen molar-refractivity contribution in [2.45, 2.75) is 81.8 Å². The second-order valence-corrected chi connectivity index (χ2v) is 19.0. The number of carbonyl (C=O) groups excluding carboxylic acids is 1. The number of hydrogen-bond donors (Lipinski definition) is 0. The second kappa shape index (κ2) is 15.1. The minimum Gasteiger partial charge on any atom is -0.319 e. The lowest BCUT2D eigenvalue weighted by atomic mass is 9.86. The van der Waals surface area contributed by atoms with E-state index in [-0.39, 0.29) is 40.5 Å². The van der Waals surface area contributed by atoms with Crippen LogP contribution in [0.1, 0.15) is 83.9 Å². The number of sulfone groups is 1. The average Bonchev–Trinajstić information content (AvgIpc) is 3.36. The van der Waals surface area contributed by atoms with E-state index in [1.165, 1.54) is 10.7 Å². The molecule has 1 fully saturated rings. The van der Waals surface area contributed by atoms with Crippen molar-refractivity contribution < 1.29 is 43.9 Å². The van der Waals surface area contributed by atoms with Crippen LogP contribution < -0.4 is 0 Å². The highest BCUT2D eigenvalue weighted by Gasteiger charge is 2.68. The molecule has 2 aliphatic rings. The maximum atomic E-state index is 15.5. The highest BCUT2D eigenvalue weighted by Crippen LogP contribution is 2.68. The Bertz CT molecular complexity index is 2980. The number of halogens is 8. The number of ketones is 1. The summed E-state index contributed by atoms with van der Waals surface area (Å²) in [6.45, 7) is 4.56. The largest absolute Gasteiger partial charge is 0.435 e. The monoisotopic (exact) mass is 899 g/mol. The second-order valence-electron chi connectivity index (χ2n) is 16.5. The summed E-state index contributed by atoms with van der Waals surface area (Å²) in [5, 5.41) is 8.49. The van der Waals surface area contributed by atoms with Gasteiger partial charge in [-0.25, -0.2) is 27.2 Å². The highest BCUT2D eigenvalue weighted by atomic mass is 35.5. The summed E-state index contributed by atoms with van der Waals surface area (Å²) in [5.74, 6) is -3.28. The number of rotatable bonds is 11. The lowest BCUT2D eigenvalue weighted by molar-refractivity contribution is -0.142. The zero-order chi connectivity index (χ0) is 44.8. The predicted octanol–water partition coefficient (Wildman–Crippen LogP) is 8.81. The van der Waals surface area contributed by atoms with Crippen molar-refractivity contribution >= 4 is 38.1 Å². The number of imidazole rings is 1. The Hall–Kier alpha value is -5.54. The van der Waals surface area contributed by atoms with Crippen molar-refractivity contribution in [3.05, 3.63) is 117 Å². The molecule has 4 aromatic heterocycles. The molecule has 324 valence electrons. The molecule has 0 unspecified atom stereocenters. The van der Waals surface area contributed by atoms with Crippen molar-refractivity contribution in [2.24, 2.45) is 13.0 Å². The first-order valence-electron chi connectivity index (χ1n) is 19.3. The SMILES string of the molecule is Cc1nccn1C(C)(C)C#Cc1ccc(-c2ccc(Cl)c3c(CS(C)(=O)=O)nn(C)c23)c([C@@H](CC(=O)Cn2nc(C(F)(F)F)c3c2C(F)(F)[C@@H]2C[C@H]32)Cc2cc(F)cc(F)c2)n1. The van der Waals surface area contributed by atoms with Gasteiger partial charge in [0.2, 0.25) is 0 Å². The molecular weight excluding hydrogens is 863 g/mol. The minimum absolute atomic E-state index is 0.0874. The topological polar surface area (TPSA) is 118 Å². The van der Waals surface area contributed by atoms with E-state index in [1.54, 1.807) is 37.6 Å². The summed E-state index contributed by atoms with van der Waals surface area (Å²) in [4.78, 5) is 23.4. The number of Topliss-reactive ketones (excluding diaryl/α,β-unsaturated/α-hetero) is 1. The quantitative estimate of drug-likeness (QED) is 0.0943. The number of aromatic nitrogens is 7. The fraction of sp³-hybridized carbons (Fsp3) is 0.372. The molecule has 0 amide bonds. The van der Waals surface area contributed by atoms with E-state index in [2.05, 4.69) is 27.0 Å². The van der Waals surface area contributed by atoms with Gasteiger partial charge in [-0.2, -0.15) is 32.1 Å². The molecule has 1 saturated carbocycles. The molecule has 0 radical (unpaired) electrons. The number of hydrogen-bond acceptors (Lipinski definition) is 7. The third-order valence-corrected chi connectivity index (χ3v) is 12.5. The number of pyridine rings is 1. The Morgan fingerprint density at radius 1 is 1.05 bits per heavy atom. The maximum Gasteiger partial charge on any atom is 0.435 e. The van der Waals surface area contributed by atoms with Crippen LogP contribution in [-0.2, 0) is 58.0 Å². The van der Waals surface area contributed by atoms with E-state index in [4.69, 9.17) is 16.6 Å². The van der Waals surface area contributed by atoms with Crippen LogP contribution in [0.15, 0.2) is 54.9 Å². The molecule has 0 spiro atoms. The van der Waals surface area contributed by atoms with Crippen LogP contribution in [0, 0.1) is 36.3 Å². The molecule has 0 aliphatic heterocycles. The Kier molecular flexibility index (Phi) is 10.5. The predicted molar refractivity (Wildman–Crippen MR) is 215 cm³/mol. The molecule has 3 atom stereocenters. The normalized spacial score (nSPS) is 17.4. The first-order valence-corrected chi connectivity index (χ1v) is 21.8. The van der Waals surface area contributed by atoms with Crippen molar-refractivity contribution in [1.82, 2.24) is 34.1 Å². The number of benzene rings is 2. The lowest BCUT2D eigenvalue weighted by Crippen LogP contribution is -2.24. The number of nitrogens with zero attached hydrogens (tertiary/aromatic N) is 7. The Balaban J connectivity index is 1.29.